The van der Waals surface area contributed by atoms with Crippen LogP contribution in [0.3, 0.4) is 0 Å². The van der Waals surface area contributed by atoms with Crippen LogP contribution >= 0.6 is 0 Å². The van der Waals surface area contributed by atoms with Crippen LogP contribution in [-0.2, 0) is 0 Å². The Labute approximate surface area is 68.0 Å². The zero-order valence-corrected chi connectivity index (χ0v) is 7.39. The minimum Gasteiger partial charge on any atom is -0.399 e. The highest BCUT2D eigenvalue weighted by Gasteiger charge is 2.28. The van der Waals surface area contributed by atoms with Gasteiger partial charge in [0.25, 0.3) is 0 Å². The number of hydrogen-bond acceptors (Lipinski definition) is 2. The van der Waals surface area contributed by atoms with E-state index in [2.05, 4.69) is 6.92 Å². The second-order valence-corrected chi connectivity index (χ2v) is 3.56. The Kier molecular flexibility index (Phi) is 1.80. The van der Waals surface area contributed by atoms with Crippen molar-refractivity contribution in [2.45, 2.75) is 26.3 Å². The largest absolute Gasteiger partial charge is 0.399 e. The molecule has 0 bridgehead atoms. The molecule has 0 saturated heterocycles. The molecule has 4 N–H and O–H groups in total. The minimum atomic E-state index is -0.229. The Morgan fingerprint density at radius 3 is 2.55 bits per heavy atom. The van der Waals surface area contributed by atoms with Crippen molar-refractivity contribution in [3.05, 3.63) is 23.4 Å². The fourth-order valence-electron chi connectivity index (χ4n) is 1.26. The molecule has 11 heavy (non-hydrogen) atoms. The first-order valence-electron chi connectivity index (χ1n) is 3.89. The molecule has 1 rings (SSSR count). The summed E-state index contributed by atoms with van der Waals surface area (Å²) in [4.78, 5) is 0. The van der Waals surface area contributed by atoms with Crippen LogP contribution < -0.4 is 11.5 Å². The molecule has 1 aliphatic carbocycles. The first-order valence-corrected chi connectivity index (χ1v) is 3.89. The Balaban J connectivity index is 3.01. The SMILES string of the molecule is CC1=C(N)C=CC(C)(N)C1C. The van der Waals surface area contributed by atoms with Crippen LogP contribution in [0, 0.1) is 5.92 Å². The summed E-state index contributed by atoms with van der Waals surface area (Å²) in [5, 5.41) is 0. The van der Waals surface area contributed by atoms with Crippen molar-refractivity contribution in [1.82, 2.24) is 0 Å². The fourth-order valence-corrected chi connectivity index (χ4v) is 1.26. The van der Waals surface area contributed by atoms with Gasteiger partial charge in [0, 0.05) is 17.2 Å². The first kappa shape index (κ1) is 8.34. The average molecular weight is 152 g/mol. The van der Waals surface area contributed by atoms with E-state index in [0.717, 1.165) is 5.70 Å². The number of rotatable bonds is 0. The van der Waals surface area contributed by atoms with Gasteiger partial charge in [0.1, 0.15) is 0 Å². The maximum absolute atomic E-state index is 6.00. The molecule has 2 heteroatoms. The molecule has 1 aliphatic rings. The van der Waals surface area contributed by atoms with Crippen LogP contribution in [0.2, 0.25) is 0 Å². The lowest BCUT2D eigenvalue weighted by atomic mass is 9.79. The molecule has 2 nitrogen and oxygen atoms in total. The Hall–Kier alpha value is -0.760. The highest BCUT2D eigenvalue weighted by molar-refractivity contribution is 5.33. The molecule has 62 valence electrons. The monoisotopic (exact) mass is 152 g/mol. The molecule has 0 radical (unpaired) electrons. The maximum Gasteiger partial charge on any atom is 0.0378 e. The van der Waals surface area contributed by atoms with Crippen molar-refractivity contribution >= 4 is 0 Å². The summed E-state index contributed by atoms with van der Waals surface area (Å²) in [7, 11) is 0. The summed E-state index contributed by atoms with van der Waals surface area (Å²) in [5.41, 5.74) is 13.5. The van der Waals surface area contributed by atoms with Gasteiger partial charge < -0.3 is 11.5 Å². The summed E-state index contributed by atoms with van der Waals surface area (Å²) in [6, 6.07) is 0. The zero-order chi connectivity index (χ0) is 8.65. The third-order valence-electron chi connectivity index (χ3n) is 2.66. The van der Waals surface area contributed by atoms with Gasteiger partial charge in [-0.25, -0.2) is 0 Å². The smallest absolute Gasteiger partial charge is 0.0378 e. The van der Waals surface area contributed by atoms with Crippen molar-refractivity contribution < 1.29 is 0 Å². The fraction of sp³-hybridized carbons (Fsp3) is 0.556. The van der Waals surface area contributed by atoms with Gasteiger partial charge in [-0.15, -0.1) is 0 Å². The highest BCUT2D eigenvalue weighted by atomic mass is 14.7. The van der Waals surface area contributed by atoms with E-state index in [4.69, 9.17) is 11.5 Å². The molecule has 0 aromatic heterocycles. The standard InChI is InChI=1S/C9H16N2/c1-6-7(2)9(3,11)5-4-8(6)10/h4-5,7H,10-11H2,1-3H3. The van der Waals surface area contributed by atoms with Crippen molar-refractivity contribution in [3.8, 4) is 0 Å². The van der Waals surface area contributed by atoms with Crippen LogP contribution in [0.25, 0.3) is 0 Å². The zero-order valence-electron chi connectivity index (χ0n) is 7.39. The van der Waals surface area contributed by atoms with Gasteiger partial charge in [0.2, 0.25) is 0 Å². The minimum absolute atomic E-state index is 0.229. The topological polar surface area (TPSA) is 52.0 Å². The molecule has 0 fully saturated rings. The summed E-state index contributed by atoms with van der Waals surface area (Å²) in [5.74, 6) is 0.340. The third-order valence-corrected chi connectivity index (χ3v) is 2.66. The first-order chi connectivity index (χ1) is 4.95. The van der Waals surface area contributed by atoms with Crippen molar-refractivity contribution in [2.75, 3.05) is 0 Å². The summed E-state index contributed by atoms with van der Waals surface area (Å²) < 4.78 is 0. The van der Waals surface area contributed by atoms with Crippen molar-refractivity contribution in [3.63, 3.8) is 0 Å². The molecule has 0 aromatic rings. The molecule has 0 heterocycles. The van der Waals surface area contributed by atoms with Gasteiger partial charge in [-0.2, -0.15) is 0 Å². The molecular weight excluding hydrogens is 136 g/mol. The van der Waals surface area contributed by atoms with E-state index >= 15 is 0 Å². The lowest BCUT2D eigenvalue weighted by Gasteiger charge is -2.33. The third kappa shape index (κ3) is 1.31. The lowest BCUT2D eigenvalue weighted by molar-refractivity contribution is 0.431. The molecule has 0 spiro atoms. The molecule has 2 atom stereocenters. The maximum atomic E-state index is 6.00. The highest BCUT2D eigenvalue weighted by Crippen LogP contribution is 2.28. The molecule has 0 aliphatic heterocycles. The second-order valence-electron chi connectivity index (χ2n) is 3.56. The predicted molar refractivity (Wildman–Crippen MR) is 47.8 cm³/mol. The van der Waals surface area contributed by atoms with Crippen LogP contribution in [-0.4, -0.2) is 5.54 Å². The normalized spacial score (nSPS) is 38.0. The Morgan fingerprint density at radius 2 is 2.09 bits per heavy atom. The average Bonchev–Trinajstić information content (AvgIpc) is 1.95. The van der Waals surface area contributed by atoms with E-state index in [1.807, 2.05) is 26.0 Å². The van der Waals surface area contributed by atoms with Gasteiger partial charge in [0.15, 0.2) is 0 Å². The van der Waals surface area contributed by atoms with Gasteiger partial charge in [0.05, 0.1) is 0 Å². The lowest BCUT2D eigenvalue weighted by Crippen LogP contribution is -2.43. The predicted octanol–water partition coefficient (Wildman–Crippen LogP) is 1.14. The summed E-state index contributed by atoms with van der Waals surface area (Å²) >= 11 is 0. The molecule has 0 saturated carbocycles. The summed E-state index contributed by atoms with van der Waals surface area (Å²) in [6.45, 7) is 6.16. The molecule has 2 unspecified atom stereocenters. The number of hydrogen-bond donors (Lipinski definition) is 2. The van der Waals surface area contributed by atoms with Crippen LogP contribution in [0.15, 0.2) is 23.4 Å². The molecule has 0 amide bonds. The van der Waals surface area contributed by atoms with Crippen LogP contribution in [0.4, 0.5) is 0 Å². The van der Waals surface area contributed by atoms with E-state index in [0.29, 0.717) is 5.92 Å². The van der Waals surface area contributed by atoms with Gasteiger partial charge in [-0.1, -0.05) is 13.0 Å². The second kappa shape index (κ2) is 2.38. The Morgan fingerprint density at radius 1 is 1.55 bits per heavy atom. The molecule has 0 aromatic carbocycles. The molecular formula is C9H16N2. The van der Waals surface area contributed by atoms with Crippen LogP contribution in [0.5, 0.6) is 0 Å². The van der Waals surface area contributed by atoms with Gasteiger partial charge in [-0.05, 0) is 25.5 Å². The van der Waals surface area contributed by atoms with Crippen molar-refractivity contribution in [2.24, 2.45) is 17.4 Å². The van der Waals surface area contributed by atoms with E-state index < -0.39 is 0 Å². The van der Waals surface area contributed by atoms with Crippen molar-refractivity contribution in [1.29, 1.82) is 0 Å². The Bertz CT molecular complexity index is 224. The summed E-state index contributed by atoms with van der Waals surface area (Å²) in [6.07, 6.45) is 3.87. The van der Waals surface area contributed by atoms with E-state index in [-0.39, 0.29) is 5.54 Å². The van der Waals surface area contributed by atoms with Crippen LogP contribution in [0.1, 0.15) is 20.8 Å². The number of nitrogens with two attached hydrogens (primary N) is 2. The van der Waals surface area contributed by atoms with Gasteiger partial charge >= 0.3 is 0 Å². The van der Waals surface area contributed by atoms with E-state index in [9.17, 15) is 0 Å². The van der Waals surface area contributed by atoms with E-state index in [1.165, 1.54) is 5.57 Å². The van der Waals surface area contributed by atoms with E-state index in [1.54, 1.807) is 0 Å². The van der Waals surface area contributed by atoms with Gasteiger partial charge in [-0.3, -0.25) is 0 Å². The number of allylic oxidation sites excluding steroid dienone is 1. The quantitative estimate of drug-likeness (QED) is 0.547.